The number of likely N-dealkylation sites (tertiary alicyclic amines) is 1. The van der Waals surface area contributed by atoms with E-state index in [4.69, 9.17) is 9.47 Å². The molecule has 1 aliphatic heterocycles. The highest BCUT2D eigenvalue weighted by Gasteiger charge is 2.57. The Balaban J connectivity index is 1.67. The number of nitrogens with one attached hydrogen (secondary N) is 1. The van der Waals surface area contributed by atoms with Gasteiger partial charge in [0.2, 0.25) is 11.8 Å². The highest BCUT2D eigenvalue weighted by molar-refractivity contribution is 5.86. The number of pyridine rings is 1. The van der Waals surface area contributed by atoms with Gasteiger partial charge in [0.25, 0.3) is 0 Å². The molecule has 178 valence electrons. The summed E-state index contributed by atoms with van der Waals surface area (Å²) in [6.07, 6.45) is -4.12. The van der Waals surface area contributed by atoms with E-state index in [1.165, 1.54) is 12.0 Å². The molecule has 3 unspecified atom stereocenters. The van der Waals surface area contributed by atoms with Crippen LogP contribution in [0.2, 0.25) is 0 Å². The van der Waals surface area contributed by atoms with Crippen molar-refractivity contribution >= 4 is 12.0 Å². The molecule has 1 saturated heterocycles. The summed E-state index contributed by atoms with van der Waals surface area (Å²) in [5.41, 5.74) is -0.801. The van der Waals surface area contributed by atoms with Crippen LogP contribution in [-0.2, 0) is 16.1 Å². The van der Waals surface area contributed by atoms with Gasteiger partial charge in [-0.2, -0.15) is 13.2 Å². The van der Waals surface area contributed by atoms with Crippen molar-refractivity contribution in [1.29, 1.82) is 0 Å². The summed E-state index contributed by atoms with van der Waals surface area (Å²) in [7, 11) is 1.27. The van der Waals surface area contributed by atoms with E-state index < -0.39 is 47.5 Å². The van der Waals surface area contributed by atoms with Crippen LogP contribution < -0.4 is 10.1 Å². The standard InChI is InChI=1S/C21H27F4N3O4/c1-20(2,3)32-19(30)28-7-5-6-15(28)17(29)26-10-11-8-14(22)16(27-18(11)31-4)12-9-13(12)21(23,24)25/h8,12-13,15H,5-7,9-10H2,1-4H3,(H,26,29). The van der Waals surface area contributed by atoms with Gasteiger partial charge in [-0.15, -0.1) is 0 Å². The van der Waals surface area contributed by atoms with Crippen LogP contribution in [0.1, 0.15) is 57.2 Å². The quantitative estimate of drug-likeness (QED) is 0.673. The minimum Gasteiger partial charge on any atom is -0.481 e. The molecular formula is C21H27F4N3O4. The zero-order valence-electron chi connectivity index (χ0n) is 18.4. The van der Waals surface area contributed by atoms with Crippen molar-refractivity contribution in [3.05, 3.63) is 23.1 Å². The highest BCUT2D eigenvalue weighted by Crippen LogP contribution is 2.56. The first-order valence-electron chi connectivity index (χ1n) is 10.4. The van der Waals surface area contributed by atoms with Gasteiger partial charge in [0.05, 0.1) is 18.7 Å². The average molecular weight is 461 g/mol. The highest BCUT2D eigenvalue weighted by atomic mass is 19.4. The predicted octanol–water partition coefficient (Wildman–Crippen LogP) is 3.91. The van der Waals surface area contributed by atoms with E-state index in [-0.39, 0.29) is 30.1 Å². The number of hydrogen-bond donors (Lipinski definition) is 1. The molecule has 0 bridgehead atoms. The first-order valence-corrected chi connectivity index (χ1v) is 10.4. The van der Waals surface area contributed by atoms with Gasteiger partial charge in [-0.3, -0.25) is 9.69 Å². The number of methoxy groups -OCH3 is 1. The molecule has 32 heavy (non-hydrogen) atoms. The molecule has 1 aromatic heterocycles. The van der Waals surface area contributed by atoms with Crippen LogP contribution in [0.15, 0.2) is 6.07 Å². The van der Waals surface area contributed by atoms with Crippen LogP contribution in [0.5, 0.6) is 5.88 Å². The third-order valence-corrected chi connectivity index (χ3v) is 5.43. The number of nitrogens with zero attached hydrogens (tertiary/aromatic N) is 2. The fraction of sp³-hybridized carbons (Fsp3) is 0.667. The number of rotatable bonds is 5. The lowest BCUT2D eigenvalue weighted by atomic mass is 10.1. The fourth-order valence-electron chi connectivity index (χ4n) is 3.82. The Morgan fingerprint density at radius 1 is 1.28 bits per heavy atom. The summed E-state index contributed by atoms with van der Waals surface area (Å²) in [4.78, 5) is 30.3. The molecule has 1 N–H and O–H groups in total. The van der Waals surface area contributed by atoms with Crippen molar-refractivity contribution in [3.8, 4) is 5.88 Å². The van der Waals surface area contributed by atoms with Crippen molar-refractivity contribution in [3.63, 3.8) is 0 Å². The minimum atomic E-state index is -4.40. The molecule has 3 atom stereocenters. The summed E-state index contributed by atoms with van der Waals surface area (Å²) >= 11 is 0. The maximum Gasteiger partial charge on any atom is 0.410 e. The van der Waals surface area contributed by atoms with Crippen LogP contribution in [0.4, 0.5) is 22.4 Å². The molecule has 0 spiro atoms. The van der Waals surface area contributed by atoms with Crippen molar-refractivity contribution in [2.45, 2.75) is 70.3 Å². The van der Waals surface area contributed by atoms with Gasteiger partial charge < -0.3 is 14.8 Å². The molecule has 2 heterocycles. The molecule has 2 amide bonds. The summed E-state index contributed by atoms with van der Waals surface area (Å²) in [5, 5.41) is 2.63. The Bertz CT molecular complexity index is 885. The average Bonchev–Trinajstić information content (AvgIpc) is 3.33. The summed E-state index contributed by atoms with van der Waals surface area (Å²) in [6.45, 7) is 5.41. The molecule has 11 heteroatoms. The van der Waals surface area contributed by atoms with Crippen molar-refractivity contribution in [2.24, 2.45) is 5.92 Å². The first-order chi connectivity index (χ1) is 14.8. The lowest BCUT2D eigenvalue weighted by Gasteiger charge is -2.28. The Hall–Kier alpha value is -2.59. The number of amides is 2. The molecule has 2 aliphatic rings. The van der Waals surface area contributed by atoms with E-state index in [9.17, 15) is 27.2 Å². The number of carbonyl (C=O) groups is 2. The maximum atomic E-state index is 14.5. The number of halogens is 4. The normalized spacial score (nSPS) is 23.1. The second-order valence-electron chi connectivity index (χ2n) is 9.06. The van der Waals surface area contributed by atoms with Crippen molar-refractivity contribution in [2.75, 3.05) is 13.7 Å². The third-order valence-electron chi connectivity index (χ3n) is 5.43. The molecule has 0 radical (unpaired) electrons. The number of alkyl halides is 3. The molecule has 1 aliphatic carbocycles. The van der Waals surface area contributed by atoms with Crippen molar-refractivity contribution in [1.82, 2.24) is 15.2 Å². The summed E-state index contributed by atoms with van der Waals surface area (Å²) in [6, 6.07) is 0.306. The van der Waals surface area contributed by atoms with Crippen LogP contribution >= 0.6 is 0 Å². The van der Waals surface area contributed by atoms with E-state index in [1.54, 1.807) is 20.8 Å². The lowest BCUT2D eigenvalue weighted by molar-refractivity contribution is -0.148. The molecule has 1 saturated carbocycles. The second kappa shape index (κ2) is 8.74. The van der Waals surface area contributed by atoms with Gasteiger partial charge in [-0.05, 0) is 46.1 Å². The molecular weight excluding hydrogens is 434 g/mol. The van der Waals surface area contributed by atoms with Gasteiger partial charge in [0.15, 0.2) is 0 Å². The molecule has 3 rings (SSSR count). The SMILES string of the molecule is COc1nc(C2CC2C(F)(F)F)c(F)cc1CNC(=O)C1CCCN1C(=O)OC(C)(C)C. The number of aromatic nitrogens is 1. The second-order valence-corrected chi connectivity index (χ2v) is 9.06. The van der Waals surface area contributed by atoms with Gasteiger partial charge in [0, 0.05) is 24.6 Å². The zero-order chi connectivity index (χ0) is 23.8. The van der Waals surface area contributed by atoms with Gasteiger partial charge in [-0.25, -0.2) is 14.2 Å². The van der Waals surface area contributed by atoms with Crippen molar-refractivity contribution < 1.29 is 36.6 Å². The summed E-state index contributed by atoms with van der Waals surface area (Å²) in [5.74, 6) is -4.01. The fourth-order valence-corrected chi connectivity index (χ4v) is 3.82. The van der Waals surface area contributed by atoms with Gasteiger partial charge >= 0.3 is 12.3 Å². The van der Waals surface area contributed by atoms with Crippen LogP contribution in [-0.4, -0.2) is 53.4 Å². The largest absolute Gasteiger partial charge is 0.481 e. The maximum absolute atomic E-state index is 14.5. The topological polar surface area (TPSA) is 80.8 Å². The van der Waals surface area contributed by atoms with Crippen LogP contribution in [0.3, 0.4) is 0 Å². The van der Waals surface area contributed by atoms with Gasteiger partial charge in [-0.1, -0.05) is 0 Å². The third kappa shape index (κ3) is 5.42. The Morgan fingerprint density at radius 2 is 1.97 bits per heavy atom. The molecule has 7 nitrogen and oxygen atoms in total. The Morgan fingerprint density at radius 3 is 2.53 bits per heavy atom. The van der Waals surface area contributed by atoms with Gasteiger partial charge in [0.1, 0.15) is 17.5 Å². The van der Waals surface area contributed by atoms with E-state index in [1.807, 2.05) is 0 Å². The van der Waals surface area contributed by atoms with E-state index >= 15 is 0 Å². The summed E-state index contributed by atoms with van der Waals surface area (Å²) < 4.78 is 63.5. The van der Waals surface area contributed by atoms with Crippen LogP contribution in [0.25, 0.3) is 0 Å². The van der Waals surface area contributed by atoms with E-state index in [0.29, 0.717) is 19.4 Å². The zero-order valence-corrected chi connectivity index (χ0v) is 18.4. The Kier molecular flexibility index (Phi) is 6.57. The number of carbonyl (C=O) groups excluding carboxylic acids is 2. The predicted molar refractivity (Wildman–Crippen MR) is 105 cm³/mol. The molecule has 0 aromatic carbocycles. The molecule has 1 aromatic rings. The van der Waals surface area contributed by atoms with E-state index in [0.717, 1.165) is 6.07 Å². The smallest absolute Gasteiger partial charge is 0.410 e. The minimum absolute atomic E-state index is 0.0510. The lowest BCUT2D eigenvalue weighted by Crippen LogP contribution is -2.47. The Labute approximate surface area is 183 Å². The first kappa shape index (κ1) is 24.1. The number of ether oxygens (including phenoxy) is 2. The molecule has 2 fully saturated rings. The monoisotopic (exact) mass is 461 g/mol. The van der Waals surface area contributed by atoms with Crippen LogP contribution in [0, 0.1) is 11.7 Å². The number of hydrogen-bond acceptors (Lipinski definition) is 5. The van der Waals surface area contributed by atoms with E-state index in [2.05, 4.69) is 10.3 Å².